The van der Waals surface area contributed by atoms with E-state index >= 15 is 0 Å². The van der Waals surface area contributed by atoms with Crippen LogP contribution in [0, 0.1) is 0 Å². The van der Waals surface area contributed by atoms with Crippen molar-refractivity contribution in [2.24, 2.45) is 0 Å². The SMILES string of the molecule is CCCc1ccc(-c2ccccc2)cc1CC. The molecule has 0 fully saturated rings. The van der Waals surface area contributed by atoms with E-state index in [2.05, 4.69) is 62.4 Å². The zero-order valence-electron chi connectivity index (χ0n) is 10.7. The summed E-state index contributed by atoms with van der Waals surface area (Å²) in [5, 5.41) is 0. The van der Waals surface area contributed by atoms with Gasteiger partial charge in [0.05, 0.1) is 0 Å². The average Bonchev–Trinajstić information content (AvgIpc) is 2.40. The van der Waals surface area contributed by atoms with Gasteiger partial charge in [0, 0.05) is 0 Å². The smallest absolute Gasteiger partial charge is 0.0181 e. The second-order valence-corrected chi connectivity index (χ2v) is 4.45. The van der Waals surface area contributed by atoms with Gasteiger partial charge in [-0.05, 0) is 35.1 Å². The fraction of sp³-hybridized carbons (Fsp3) is 0.294. The van der Waals surface area contributed by atoms with Crippen LogP contribution in [-0.4, -0.2) is 0 Å². The molecule has 2 rings (SSSR count). The molecule has 0 saturated heterocycles. The third-order valence-electron chi connectivity index (χ3n) is 3.21. The van der Waals surface area contributed by atoms with E-state index in [1.165, 1.54) is 35.1 Å². The largest absolute Gasteiger partial charge is 0.0651 e. The first-order valence-electron chi connectivity index (χ1n) is 6.52. The quantitative estimate of drug-likeness (QED) is 0.695. The predicted octanol–water partition coefficient (Wildman–Crippen LogP) is 4.87. The van der Waals surface area contributed by atoms with Gasteiger partial charge in [0.25, 0.3) is 0 Å². The van der Waals surface area contributed by atoms with E-state index in [4.69, 9.17) is 0 Å². The molecular weight excluding hydrogens is 204 g/mol. The van der Waals surface area contributed by atoms with Gasteiger partial charge in [0.1, 0.15) is 0 Å². The Labute approximate surface area is 104 Å². The summed E-state index contributed by atoms with van der Waals surface area (Å²) >= 11 is 0. The first kappa shape index (κ1) is 11.9. The summed E-state index contributed by atoms with van der Waals surface area (Å²) in [6, 6.07) is 17.5. The number of hydrogen-bond donors (Lipinski definition) is 0. The minimum atomic E-state index is 1.12. The molecule has 2 aromatic rings. The molecule has 0 aliphatic heterocycles. The lowest BCUT2D eigenvalue weighted by Crippen LogP contribution is -1.93. The van der Waals surface area contributed by atoms with Gasteiger partial charge in [0.2, 0.25) is 0 Å². The van der Waals surface area contributed by atoms with Gasteiger partial charge >= 0.3 is 0 Å². The van der Waals surface area contributed by atoms with Crippen molar-refractivity contribution in [3.8, 4) is 11.1 Å². The minimum absolute atomic E-state index is 1.12. The van der Waals surface area contributed by atoms with Crippen molar-refractivity contribution < 1.29 is 0 Å². The lowest BCUT2D eigenvalue weighted by atomic mass is 9.96. The molecule has 0 unspecified atom stereocenters. The van der Waals surface area contributed by atoms with Crippen LogP contribution in [0.1, 0.15) is 31.4 Å². The molecule has 0 bridgehead atoms. The second kappa shape index (κ2) is 5.67. The normalized spacial score (nSPS) is 10.5. The van der Waals surface area contributed by atoms with Crippen LogP contribution in [0.5, 0.6) is 0 Å². The lowest BCUT2D eigenvalue weighted by molar-refractivity contribution is 0.900. The maximum Gasteiger partial charge on any atom is -0.0181 e. The highest BCUT2D eigenvalue weighted by Crippen LogP contribution is 2.23. The molecule has 2 aromatic carbocycles. The molecule has 88 valence electrons. The number of aryl methyl sites for hydroxylation is 2. The summed E-state index contributed by atoms with van der Waals surface area (Å²) in [7, 11) is 0. The monoisotopic (exact) mass is 224 g/mol. The molecule has 0 heteroatoms. The highest BCUT2D eigenvalue weighted by molar-refractivity contribution is 5.64. The molecule has 0 N–H and O–H groups in total. The first-order valence-corrected chi connectivity index (χ1v) is 6.52. The lowest BCUT2D eigenvalue weighted by Gasteiger charge is -2.10. The van der Waals surface area contributed by atoms with Crippen molar-refractivity contribution in [1.29, 1.82) is 0 Å². The topological polar surface area (TPSA) is 0 Å². The predicted molar refractivity (Wildman–Crippen MR) is 75.3 cm³/mol. The highest BCUT2D eigenvalue weighted by Gasteiger charge is 2.03. The standard InChI is InChI=1S/C17H20/c1-3-8-15-11-12-17(13-14(15)4-2)16-9-6-5-7-10-16/h5-7,9-13H,3-4,8H2,1-2H3. The minimum Gasteiger partial charge on any atom is -0.0651 e. The summed E-state index contributed by atoms with van der Waals surface area (Å²) in [6.45, 7) is 4.48. The maximum absolute atomic E-state index is 2.35. The van der Waals surface area contributed by atoms with E-state index in [1.807, 2.05) is 0 Å². The first-order chi connectivity index (χ1) is 8.35. The molecule has 0 heterocycles. The molecule has 0 spiro atoms. The van der Waals surface area contributed by atoms with Crippen molar-refractivity contribution in [3.05, 3.63) is 59.7 Å². The molecule has 0 nitrogen and oxygen atoms in total. The Morgan fingerprint density at radius 1 is 0.765 bits per heavy atom. The number of benzene rings is 2. The molecule has 0 amide bonds. The zero-order chi connectivity index (χ0) is 12.1. The highest BCUT2D eigenvalue weighted by atomic mass is 14.1. The molecule has 0 atom stereocenters. The maximum atomic E-state index is 2.35. The van der Waals surface area contributed by atoms with Gasteiger partial charge in [0.15, 0.2) is 0 Å². The van der Waals surface area contributed by atoms with Crippen molar-refractivity contribution in [2.45, 2.75) is 33.1 Å². The molecule has 0 aliphatic rings. The third kappa shape index (κ3) is 2.76. The molecule has 0 saturated carbocycles. The summed E-state index contributed by atoms with van der Waals surface area (Å²) in [5.41, 5.74) is 5.65. The van der Waals surface area contributed by atoms with E-state index in [-0.39, 0.29) is 0 Å². The molecule has 0 aromatic heterocycles. The Morgan fingerprint density at radius 3 is 2.18 bits per heavy atom. The van der Waals surface area contributed by atoms with Crippen LogP contribution in [0.2, 0.25) is 0 Å². The van der Waals surface area contributed by atoms with Crippen LogP contribution in [0.4, 0.5) is 0 Å². The van der Waals surface area contributed by atoms with Gasteiger partial charge < -0.3 is 0 Å². The third-order valence-corrected chi connectivity index (χ3v) is 3.21. The summed E-state index contributed by atoms with van der Waals surface area (Å²) < 4.78 is 0. The van der Waals surface area contributed by atoms with Crippen LogP contribution in [0.25, 0.3) is 11.1 Å². The van der Waals surface area contributed by atoms with E-state index in [1.54, 1.807) is 0 Å². The average molecular weight is 224 g/mol. The zero-order valence-corrected chi connectivity index (χ0v) is 10.7. The Bertz CT molecular complexity index is 469. The van der Waals surface area contributed by atoms with Crippen LogP contribution < -0.4 is 0 Å². The Morgan fingerprint density at radius 2 is 1.53 bits per heavy atom. The fourth-order valence-corrected chi connectivity index (χ4v) is 2.28. The molecular formula is C17H20. The van der Waals surface area contributed by atoms with Crippen molar-refractivity contribution in [1.82, 2.24) is 0 Å². The van der Waals surface area contributed by atoms with Crippen molar-refractivity contribution in [2.75, 3.05) is 0 Å². The van der Waals surface area contributed by atoms with E-state index in [9.17, 15) is 0 Å². The summed E-state index contributed by atoms with van der Waals surface area (Å²) in [4.78, 5) is 0. The Kier molecular flexibility index (Phi) is 3.98. The van der Waals surface area contributed by atoms with Gasteiger partial charge in [-0.1, -0.05) is 68.8 Å². The van der Waals surface area contributed by atoms with Gasteiger partial charge in [-0.15, -0.1) is 0 Å². The summed E-state index contributed by atoms with van der Waals surface area (Å²) in [5.74, 6) is 0. The van der Waals surface area contributed by atoms with Gasteiger partial charge in [-0.3, -0.25) is 0 Å². The van der Waals surface area contributed by atoms with Crippen molar-refractivity contribution in [3.63, 3.8) is 0 Å². The van der Waals surface area contributed by atoms with Crippen molar-refractivity contribution >= 4 is 0 Å². The molecule has 17 heavy (non-hydrogen) atoms. The molecule has 0 radical (unpaired) electrons. The van der Waals surface area contributed by atoms with Crippen LogP contribution in [0.3, 0.4) is 0 Å². The Hall–Kier alpha value is -1.56. The molecule has 0 aliphatic carbocycles. The van der Waals surface area contributed by atoms with Crippen LogP contribution in [-0.2, 0) is 12.8 Å². The van der Waals surface area contributed by atoms with Crippen LogP contribution >= 0.6 is 0 Å². The van der Waals surface area contributed by atoms with Gasteiger partial charge in [-0.25, -0.2) is 0 Å². The summed E-state index contributed by atoms with van der Waals surface area (Å²) in [6.07, 6.45) is 3.53. The Balaban J connectivity index is 2.38. The second-order valence-electron chi connectivity index (χ2n) is 4.45. The van der Waals surface area contributed by atoms with Crippen LogP contribution in [0.15, 0.2) is 48.5 Å². The van der Waals surface area contributed by atoms with Gasteiger partial charge in [-0.2, -0.15) is 0 Å². The van der Waals surface area contributed by atoms with E-state index < -0.39 is 0 Å². The number of rotatable bonds is 4. The number of hydrogen-bond acceptors (Lipinski definition) is 0. The van der Waals surface area contributed by atoms with E-state index in [0.29, 0.717) is 0 Å². The van der Waals surface area contributed by atoms with E-state index in [0.717, 1.165) is 6.42 Å². The fourth-order valence-electron chi connectivity index (χ4n) is 2.28.